The molecule has 0 unspecified atom stereocenters. The lowest BCUT2D eigenvalue weighted by atomic mass is 10.1. The van der Waals surface area contributed by atoms with Gasteiger partial charge >= 0.3 is 0 Å². The van der Waals surface area contributed by atoms with Crippen molar-refractivity contribution in [2.75, 3.05) is 11.9 Å². The summed E-state index contributed by atoms with van der Waals surface area (Å²) in [6, 6.07) is 8.55. The highest BCUT2D eigenvalue weighted by molar-refractivity contribution is 7.17. The lowest BCUT2D eigenvalue weighted by Crippen LogP contribution is -2.17. The molecule has 1 aromatic carbocycles. The van der Waals surface area contributed by atoms with Crippen molar-refractivity contribution in [2.45, 2.75) is 19.9 Å². The molecule has 0 saturated heterocycles. The highest BCUT2D eigenvalue weighted by atomic mass is 32.1. The Morgan fingerprint density at radius 3 is 3.11 bits per heavy atom. The zero-order valence-corrected chi connectivity index (χ0v) is 11.6. The highest BCUT2D eigenvalue weighted by Crippen LogP contribution is 2.36. The van der Waals surface area contributed by atoms with Gasteiger partial charge in [0.25, 0.3) is 0 Å². The summed E-state index contributed by atoms with van der Waals surface area (Å²) in [6.45, 7) is 4.27. The third-order valence-electron chi connectivity index (χ3n) is 3.80. The Hall–Kier alpha value is -1.81. The van der Waals surface area contributed by atoms with Crippen molar-refractivity contribution in [3.63, 3.8) is 0 Å². The summed E-state index contributed by atoms with van der Waals surface area (Å²) in [6.07, 6.45) is 1.17. The summed E-state index contributed by atoms with van der Waals surface area (Å²) in [4.78, 5) is 4.80. The zero-order chi connectivity index (χ0) is 12.8. The average molecular weight is 269 g/mol. The Labute approximate surface area is 115 Å². The Morgan fingerprint density at radius 1 is 1.32 bits per heavy atom. The predicted molar refractivity (Wildman–Crippen MR) is 80.9 cm³/mol. The van der Waals surface area contributed by atoms with E-state index < -0.39 is 0 Å². The van der Waals surface area contributed by atoms with Gasteiger partial charge in [0.1, 0.15) is 0 Å². The Balaban J connectivity index is 1.95. The van der Waals surface area contributed by atoms with E-state index >= 15 is 0 Å². The molecular weight excluding hydrogens is 254 g/mol. The van der Waals surface area contributed by atoms with E-state index in [9.17, 15) is 0 Å². The molecule has 1 N–H and O–H groups in total. The Kier molecular flexibility index (Phi) is 2.38. The molecule has 0 amide bonds. The maximum atomic E-state index is 4.80. The molecule has 19 heavy (non-hydrogen) atoms. The van der Waals surface area contributed by atoms with E-state index in [2.05, 4.69) is 46.5 Å². The van der Waals surface area contributed by atoms with E-state index in [4.69, 9.17) is 4.98 Å². The van der Waals surface area contributed by atoms with Crippen LogP contribution in [0.1, 0.15) is 12.1 Å². The maximum Gasteiger partial charge on any atom is 0.203 e. The number of nitrogens with one attached hydrogen (secondary N) is 1. The fraction of sp³-hybridized carbons (Fsp3) is 0.267. The number of imidazole rings is 1. The van der Waals surface area contributed by atoms with Crippen LogP contribution in [0.4, 0.5) is 5.95 Å². The lowest BCUT2D eigenvalue weighted by Gasteiger charge is -2.16. The van der Waals surface area contributed by atoms with Gasteiger partial charge < -0.3 is 9.88 Å². The van der Waals surface area contributed by atoms with Gasteiger partial charge in [0.05, 0.1) is 5.69 Å². The molecule has 3 heterocycles. The normalized spacial score (nSPS) is 14.4. The van der Waals surface area contributed by atoms with Crippen LogP contribution in [0.5, 0.6) is 0 Å². The summed E-state index contributed by atoms with van der Waals surface area (Å²) in [7, 11) is 0. The first-order chi connectivity index (χ1) is 9.34. The first kappa shape index (κ1) is 11.1. The number of rotatable bonds is 1. The molecule has 3 aromatic rings. The van der Waals surface area contributed by atoms with Crippen molar-refractivity contribution in [2.24, 2.45) is 0 Å². The summed E-state index contributed by atoms with van der Waals surface area (Å²) in [5, 5.41) is 6.93. The second-order valence-electron chi connectivity index (χ2n) is 4.95. The van der Waals surface area contributed by atoms with Gasteiger partial charge in [-0.25, -0.2) is 4.98 Å². The van der Waals surface area contributed by atoms with Gasteiger partial charge in [-0.2, -0.15) is 0 Å². The molecule has 1 aliphatic heterocycles. The number of fused-ring (bicyclic) bond motifs is 2. The first-order valence-electron chi connectivity index (χ1n) is 6.62. The second-order valence-corrected chi connectivity index (χ2v) is 5.86. The molecule has 2 aromatic heterocycles. The minimum absolute atomic E-state index is 1.02. The van der Waals surface area contributed by atoms with Crippen molar-refractivity contribution in [3.05, 3.63) is 35.3 Å². The highest BCUT2D eigenvalue weighted by Gasteiger charge is 2.19. The summed E-state index contributed by atoms with van der Waals surface area (Å²) in [5.74, 6) is 1.02. The minimum Gasteiger partial charge on any atom is -0.356 e. The van der Waals surface area contributed by atoms with Gasteiger partial charge in [-0.3, -0.25) is 0 Å². The van der Waals surface area contributed by atoms with Crippen molar-refractivity contribution < 1.29 is 0 Å². The van der Waals surface area contributed by atoms with Crippen molar-refractivity contribution in [3.8, 4) is 11.3 Å². The van der Waals surface area contributed by atoms with E-state index in [1.54, 1.807) is 11.3 Å². The third kappa shape index (κ3) is 1.60. The van der Waals surface area contributed by atoms with Crippen molar-refractivity contribution >= 4 is 27.4 Å². The van der Waals surface area contributed by atoms with Crippen LogP contribution in [0.15, 0.2) is 29.6 Å². The van der Waals surface area contributed by atoms with Gasteiger partial charge in [0.2, 0.25) is 5.95 Å². The van der Waals surface area contributed by atoms with Crippen molar-refractivity contribution in [1.82, 2.24) is 9.55 Å². The van der Waals surface area contributed by atoms with Crippen LogP contribution >= 0.6 is 11.3 Å². The molecule has 0 aliphatic carbocycles. The fourth-order valence-electron chi connectivity index (χ4n) is 2.80. The molecular formula is C15H15N3S. The van der Waals surface area contributed by atoms with Crippen LogP contribution in [0, 0.1) is 6.92 Å². The molecule has 1 aliphatic rings. The smallest absolute Gasteiger partial charge is 0.203 e. The molecule has 4 rings (SSSR count). The van der Waals surface area contributed by atoms with Crippen molar-refractivity contribution in [1.29, 1.82) is 0 Å². The molecule has 0 atom stereocenters. The number of thiophene rings is 1. The molecule has 0 saturated carbocycles. The summed E-state index contributed by atoms with van der Waals surface area (Å²) in [5.41, 5.74) is 3.66. The molecule has 4 heteroatoms. The molecule has 0 fully saturated rings. The van der Waals surface area contributed by atoms with E-state index in [0.717, 1.165) is 24.7 Å². The number of aromatic nitrogens is 2. The zero-order valence-electron chi connectivity index (χ0n) is 10.8. The van der Waals surface area contributed by atoms with Crippen LogP contribution in [-0.2, 0) is 6.54 Å². The Bertz CT molecular complexity index is 754. The second kappa shape index (κ2) is 4.10. The number of nitrogens with zero attached hydrogens (tertiary/aromatic N) is 2. The number of benzene rings is 1. The quantitative estimate of drug-likeness (QED) is 0.726. The maximum absolute atomic E-state index is 4.80. The molecule has 96 valence electrons. The average Bonchev–Trinajstić information content (AvgIpc) is 3.01. The Morgan fingerprint density at radius 2 is 2.21 bits per heavy atom. The van der Waals surface area contributed by atoms with Gasteiger partial charge in [-0.15, -0.1) is 11.3 Å². The van der Waals surface area contributed by atoms with Crippen LogP contribution < -0.4 is 5.32 Å². The number of hydrogen-bond donors (Lipinski definition) is 1. The van der Waals surface area contributed by atoms with E-state index in [1.807, 2.05) is 0 Å². The third-order valence-corrected chi connectivity index (χ3v) is 4.76. The summed E-state index contributed by atoms with van der Waals surface area (Å²) < 4.78 is 3.63. The van der Waals surface area contributed by atoms with Crippen LogP contribution in [-0.4, -0.2) is 16.1 Å². The molecule has 0 spiro atoms. The van der Waals surface area contributed by atoms with Gasteiger partial charge in [-0.05, 0) is 19.4 Å². The number of anilines is 1. The number of hydrogen-bond acceptors (Lipinski definition) is 3. The van der Waals surface area contributed by atoms with Crippen LogP contribution in [0.2, 0.25) is 0 Å². The standard InChI is InChI=1S/C15H15N3S/c1-10-14(17-15-16-7-4-8-18(10)15)12-9-19-13-6-3-2-5-11(12)13/h2-3,5-6,9H,4,7-8H2,1H3,(H,16,17). The fourth-order valence-corrected chi connectivity index (χ4v) is 3.74. The SMILES string of the molecule is Cc1c(-c2csc3ccccc23)nc2n1CCCN2. The topological polar surface area (TPSA) is 29.9 Å². The minimum atomic E-state index is 1.02. The molecule has 0 bridgehead atoms. The van der Waals surface area contributed by atoms with E-state index in [0.29, 0.717) is 0 Å². The summed E-state index contributed by atoms with van der Waals surface area (Å²) >= 11 is 1.79. The van der Waals surface area contributed by atoms with E-state index in [-0.39, 0.29) is 0 Å². The van der Waals surface area contributed by atoms with Gasteiger partial charge in [0.15, 0.2) is 0 Å². The van der Waals surface area contributed by atoms with Crippen LogP contribution in [0.3, 0.4) is 0 Å². The first-order valence-corrected chi connectivity index (χ1v) is 7.50. The predicted octanol–water partition coefficient (Wildman–Crippen LogP) is 3.89. The molecule has 3 nitrogen and oxygen atoms in total. The molecule has 0 radical (unpaired) electrons. The lowest BCUT2D eigenvalue weighted by molar-refractivity contribution is 0.615. The largest absolute Gasteiger partial charge is 0.356 e. The van der Waals surface area contributed by atoms with Gasteiger partial charge in [-0.1, -0.05) is 18.2 Å². The van der Waals surface area contributed by atoms with Gasteiger partial charge in [0, 0.05) is 39.8 Å². The van der Waals surface area contributed by atoms with Crippen LogP contribution in [0.25, 0.3) is 21.3 Å². The monoisotopic (exact) mass is 269 g/mol. The van der Waals surface area contributed by atoms with E-state index in [1.165, 1.54) is 27.8 Å².